The number of anilines is 1. The van der Waals surface area contributed by atoms with Crippen molar-refractivity contribution in [3.8, 4) is 0 Å². The van der Waals surface area contributed by atoms with Crippen LogP contribution in [0.1, 0.15) is 12.8 Å². The SMILES string of the molecule is O=C(CN(c1nccs1)S(=O)(=O)c1ccccc1)NCC1CC1. The number of hydrogen-bond donors (Lipinski definition) is 1. The molecule has 3 rings (SSSR count). The molecule has 1 fully saturated rings. The molecule has 1 aliphatic rings. The third kappa shape index (κ3) is 3.89. The molecule has 0 unspecified atom stereocenters. The summed E-state index contributed by atoms with van der Waals surface area (Å²) in [6, 6.07) is 8.07. The normalized spacial score (nSPS) is 14.4. The average Bonchev–Trinajstić information content (AvgIpc) is 3.24. The summed E-state index contributed by atoms with van der Waals surface area (Å²) >= 11 is 1.19. The highest BCUT2D eigenvalue weighted by atomic mass is 32.2. The topological polar surface area (TPSA) is 79.4 Å². The van der Waals surface area contributed by atoms with Gasteiger partial charge in [0.2, 0.25) is 5.91 Å². The summed E-state index contributed by atoms with van der Waals surface area (Å²) in [5.74, 6) is 0.226. The van der Waals surface area contributed by atoms with E-state index in [0.29, 0.717) is 12.5 Å². The first-order valence-corrected chi connectivity index (χ1v) is 9.63. The van der Waals surface area contributed by atoms with Crippen LogP contribution in [-0.4, -0.2) is 32.4 Å². The first kappa shape index (κ1) is 15.9. The Labute approximate surface area is 139 Å². The highest BCUT2D eigenvalue weighted by molar-refractivity contribution is 7.93. The zero-order chi connectivity index (χ0) is 16.3. The number of sulfonamides is 1. The molecule has 8 heteroatoms. The zero-order valence-electron chi connectivity index (χ0n) is 12.4. The summed E-state index contributed by atoms with van der Waals surface area (Å²) in [5, 5.41) is 4.77. The van der Waals surface area contributed by atoms with Crippen LogP contribution in [0.2, 0.25) is 0 Å². The molecule has 0 saturated heterocycles. The van der Waals surface area contributed by atoms with Crippen molar-refractivity contribution >= 4 is 32.4 Å². The van der Waals surface area contributed by atoms with E-state index in [9.17, 15) is 13.2 Å². The second-order valence-corrected chi connectivity index (χ2v) is 8.12. The largest absolute Gasteiger partial charge is 0.354 e. The molecule has 0 atom stereocenters. The fourth-order valence-electron chi connectivity index (χ4n) is 2.08. The third-order valence-electron chi connectivity index (χ3n) is 3.54. The first-order chi connectivity index (χ1) is 11.1. The lowest BCUT2D eigenvalue weighted by Crippen LogP contribution is -2.41. The van der Waals surface area contributed by atoms with Crippen molar-refractivity contribution < 1.29 is 13.2 Å². The number of carbonyl (C=O) groups excluding carboxylic acids is 1. The molecular weight excluding hydrogens is 334 g/mol. The smallest absolute Gasteiger partial charge is 0.266 e. The van der Waals surface area contributed by atoms with Gasteiger partial charge in [-0.05, 0) is 30.9 Å². The number of benzene rings is 1. The van der Waals surface area contributed by atoms with Gasteiger partial charge in [0.15, 0.2) is 5.13 Å². The Morgan fingerprint density at radius 3 is 2.65 bits per heavy atom. The molecule has 1 aromatic carbocycles. The van der Waals surface area contributed by atoms with Crippen LogP contribution in [0, 0.1) is 5.92 Å². The Morgan fingerprint density at radius 2 is 2.04 bits per heavy atom. The number of thiazole rings is 1. The molecule has 1 aromatic heterocycles. The average molecular weight is 351 g/mol. The van der Waals surface area contributed by atoms with Crippen molar-refractivity contribution in [1.29, 1.82) is 0 Å². The minimum atomic E-state index is -3.82. The molecule has 1 N–H and O–H groups in total. The molecule has 0 spiro atoms. The van der Waals surface area contributed by atoms with Crippen LogP contribution in [0.25, 0.3) is 0 Å². The summed E-state index contributed by atoms with van der Waals surface area (Å²) < 4.78 is 26.7. The van der Waals surface area contributed by atoms with Crippen LogP contribution in [0.3, 0.4) is 0 Å². The summed E-state index contributed by atoms with van der Waals surface area (Å²) in [5.41, 5.74) is 0. The van der Waals surface area contributed by atoms with Crippen molar-refractivity contribution in [3.63, 3.8) is 0 Å². The maximum absolute atomic E-state index is 12.8. The van der Waals surface area contributed by atoms with Gasteiger partial charge >= 0.3 is 0 Å². The molecule has 0 radical (unpaired) electrons. The fraction of sp³-hybridized carbons (Fsp3) is 0.333. The summed E-state index contributed by atoms with van der Waals surface area (Å²) in [6.07, 6.45) is 3.77. The molecular formula is C15H17N3O3S2. The van der Waals surface area contributed by atoms with Gasteiger partial charge in [-0.1, -0.05) is 18.2 Å². The van der Waals surface area contributed by atoms with Crippen LogP contribution in [0.4, 0.5) is 5.13 Å². The number of nitrogens with one attached hydrogen (secondary N) is 1. The zero-order valence-corrected chi connectivity index (χ0v) is 14.0. The van der Waals surface area contributed by atoms with Gasteiger partial charge in [-0.2, -0.15) is 0 Å². The van der Waals surface area contributed by atoms with E-state index < -0.39 is 10.0 Å². The van der Waals surface area contributed by atoms with Crippen LogP contribution >= 0.6 is 11.3 Å². The number of carbonyl (C=O) groups is 1. The maximum Gasteiger partial charge on any atom is 0.266 e. The molecule has 122 valence electrons. The van der Waals surface area contributed by atoms with Crippen LogP contribution < -0.4 is 9.62 Å². The van der Waals surface area contributed by atoms with Crippen LogP contribution in [0.15, 0.2) is 46.8 Å². The number of hydrogen-bond acceptors (Lipinski definition) is 5. The van der Waals surface area contributed by atoms with Gasteiger partial charge in [0.1, 0.15) is 6.54 Å². The van der Waals surface area contributed by atoms with Gasteiger partial charge < -0.3 is 5.32 Å². The summed E-state index contributed by atoms with van der Waals surface area (Å²) in [7, 11) is -3.82. The highest BCUT2D eigenvalue weighted by Gasteiger charge is 2.29. The lowest BCUT2D eigenvalue weighted by atomic mass is 10.4. The molecule has 1 heterocycles. The molecule has 2 aromatic rings. The molecule has 0 bridgehead atoms. The minimum absolute atomic E-state index is 0.144. The van der Waals surface area contributed by atoms with Gasteiger partial charge in [-0.25, -0.2) is 17.7 Å². The summed E-state index contributed by atoms with van der Waals surface area (Å²) in [6.45, 7) is 0.341. The first-order valence-electron chi connectivity index (χ1n) is 7.31. The van der Waals surface area contributed by atoms with Crippen molar-refractivity contribution in [2.24, 2.45) is 5.92 Å². The van der Waals surface area contributed by atoms with E-state index in [1.807, 2.05) is 0 Å². The van der Waals surface area contributed by atoms with Gasteiger partial charge in [-0.15, -0.1) is 11.3 Å². The second kappa shape index (κ2) is 6.67. The van der Waals surface area contributed by atoms with Gasteiger partial charge in [0.25, 0.3) is 10.0 Å². The fourth-order valence-corrected chi connectivity index (χ4v) is 4.35. The monoisotopic (exact) mass is 351 g/mol. The van der Waals surface area contributed by atoms with Crippen LogP contribution in [-0.2, 0) is 14.8 Å². The van der Waals surface area contributed by atoms with Gasteiger partial charge in [0, 0.05) is 18.1 Å². The maximum atomic E-state index is 12.8. The predicted octanol–water partition coefficient (Wildman–Crippen LogP) is 1.86. The summed E-state index contributed by atoms with van der Waals surface area (Å²) in [4.78, 5) is 16.3. The quantitative estimate of drug-likeness (QED) is 0.826. The third-order valence-corrected chi connectivity index (χ3v) is 6.20. The van der Waals surface area contributed by atoms with E-state index in [-0.39, 0.29) is 22.5 Å². The lowest BCUT2D eigenvalue weighted by Gasteiger charge is -2.21. The Kier molecular flexibility index (Phi) is 4.63. The van der Waals surface area contributed by atoms with E-state index >= 15 is 0 Å². The van der Waals surface area contributed by atoms with Crippen molar-refractivity contribution in [2.75, 3.05) is 17.4 Å². The van der Waals surface area contributed by atoms with Crippen molar-refractivity contribution in [3.05, 3.63) is 41.9 Å². The van der Waals surface area contributed by atoms with E-state index in [2.05, 4.69) is 10.3 Å². The molecule has 1 amide bonds. The predicted molar refractivity (Wildman–Crippen MR) is 88.8 cm³/mol. The standard InChI is InChI=1S/C15H17N3O3S2/c19-14(17-10-12-6-7-12)11-18(15-16-8-9-22-15)23(20,21)13-4-2-1-3-5-13/h1-5,8-9,12H,6-7,10-11H2,(H,17,19). The molecule has 6 nitrogen and oxygen atoms in total. The Hall–Kier alpha value is -1.93. The van der Waals surface area contributed by atoms with Gasteiger partial charge in [0.05, 0.1) is 4.90 Å². The van der Waals surface area contributed by atoms with Crippen molar-refractivity contribution in [2.45, 2.75) is 17.7 Å². The minimum Gasteiger partial charge on any atom is -0.354 e. The second-order valence-electron chi connectivity index (χ2n) is 5.39. The van der Waals surface area contributed by atoms with Crippen molar-refractivity contribution in [1.82, 2.24) is 10.3 Å². The molecule has 0 aliphatic heterocycles. The number of amides is 1. The molecule has 1 saturated carbocycles. The number of nitrogens with zero attached hydrogens (tertiary/aromatic N) is 2. The Bertz CT molecular complexity index is 757. The van der Waals surface area contributed by atoms with E-state index in [1.54, 1.807) is 23.6 Å². The van der Waals surface area contributed by atoms with E-state index in [4.69, 9.17) is 0 Å². The van der Waals surface area contributed by atoms with Crippen LogP contribution in [0.5, 0.6) is 0 Å². The Morgan fingerprint density at radius 1 is 1.30 bits per heavy atom. The highest BCUT2D eigenvalue weighted by Crippen LogP contribution is 2.28. The molecule has 23 heavy (non-hydrogen) atoms. The molecule has 1 aliphatic carbocycles. The Balaban J connectivity index is 1.82. The van der Waals surface area contributed by atoms with E-state index in [1.165, 1.54) is 29.7 Å². The number of rotatable bonds is 7. The lowest BCUT2D eigenvalue weighted by molar-refractivity contribution is -0.119. The number of aromatic nitrogens is 1. The van der Waals surface area contributed by atoms with Gasteiger partial charge in [-0.3, -0.25) is 4.79 Å². The van der Waals surface area contributed by atoms with E-state index in [0.717, 1.165) is 17.1 Å².